The third-order valence-corrected chi connectivity index (χ3v) is 5.22. The van der Waals surface area contributed by atoms with Crippen LogP contribution in [-0.2, 0) is 11.3 Å². The van der Waals surface area contributed by atoms with E-state index < -0.39 is 6.04 Å². The van der Waals surface area contributed by atoms with Crippen LogP contribution in [0.3, 0.4) is 0 Å². The number of piperidine rings is 1. The summed E-state index contributed by atoms with van der Waals surface area (Å²) in [6.45, 7) is 4.34. The number of urea groups is 1. The molecule has 0 unspecified atom stereocenters. The summed E-state index contributed by atoms with van der Waals surface area (Å²) in [6, 6.07) is 16.4. The standard InChI is InChI=1S/C23H30N4O2/c1-18(24-23(29)25-20-12-5-3-6-13-20)22(28)26(2)17-19-11-7-8-14-21(19)27-15-9-4-10-16-27/h3,5-8,11-14,18H,4,9-10,15-17H2,1-2H3,(H2,24,25,29)/t18-/m1/s1. The topological polar surface area (TPSA) is 64.7 Å². The first-order valence-corrected chi connectivity index (χ1v) is 10.2. The number of likely N-dealkylation sites (N-methyl/N-ethyl adjacent to an activating group) is 1. The van der Waals surface area contributed by atoms with Crippen molar-refractivity contribution in [2.75, 3.05) is 30.4 Å². The number of rotatable bonds is 6. The van der Waals surface area contributed by atoms with Crippen LogP contribution in [0.25, 0.3) is 0 Å². The second-order valence-electron chi connectivity index (χ2n) is 7.56. The molecule has 0 radical (unpaired) electrons. The SMILES string of the molecule is C[C@@H](NC(=O)Nc1ccccc1)C(=O)N(C)Cc1ccccc1N1CCCCC1. The Hall–Kier alpha value is -3.02. The Morgan fingerprint density at radius 1 is 1.00 bits per heavy atom. The maximum absolute atomic E-state index is 12.8. The van der Waals surface area contributed by atoms with E-state index in [0.717, 1.165) is 18.7 Å². The summed E-state index contributed by atoms with van der Waals surface area (Å²) in [4.78, 5) is 29.0. The van der Waals surface area contributed by atoms with Crippen molar-refractivity contribution < 1.29 is 9.59 Å². The minimum absolute atomic E-state index is 0.123. The molecule has 1 fully saturated rings. The number of hydrogen-bond donors (Lipinski definition) is 2. The predicted molar refractivity (Wildman–Crippen MR) is 117 cm³/mol. The van der Waals surface area contributed by atoms with Gasteiger partial charge >= 0.3 is 6.03 Å². The molecule has 3 rings (SSSR count). The van der Waals surface area contributed by atoms with E-state index >= 15 is 0 Å². The summed E-state index contributed by atoms with van der Waals surface area (Å²) >= 11 is 0. The molecule has 0 saturated carbocycles. The monoisotopic (exact) mass is 394 g/mol. The van der Waals surface area contributed by atoms with Crippen molar-refractivity contribution in [2.24, 2.45) is 0 Å². The molecular weight excluding hydrogens is 364 g/mol. The Labute approximate surface area is 172 Å². The highest BCUT2D eigenvalue weighted by Crippen LogP contribution is 2.25. The molecular formula is C23H30N4O2. The van der Waals surface area contributed by atoms with E-state index in [1.54, 1.807) is 31.0 Å². The van der Waals surface area contributed by atoms with Crippen molar-refractivity contribution in [1.82, 2.24) is 10.2 Å². The molecule has 2 aromatic carbocycles. The minimum atomic E-state index is -0.620. The minimum Gasteiger partial charge on any atom is -0.371 e. The average molecular weight is 395 g/mol. The summed E-state index contributed by atoms with van der Waals surface area (Å²) in [5, 5.41) is 5.46. The summed E-state index contributed by atoms with van der Waals surface area (Å²) in [7, 11) is 1.78. The smallest absolute Gasteiger partial charge is 0.319 e. The summed E-state index contributed by atoms with van der Waals surface area (Å²) in [5.41, 5.74) is 3.02. The Morgan fingerprint density at radius 3 is 2.38 bits per heavy atom. The van der Waals surface area contributed by atoms with Gasteiger partial charge in [-0.3, -0.25) is 4.79 Å². The van der Waals surface area contributed by atoms with Gasteiger partial charge in [-0.2, -0.15) is 0 Å². The maximum Gasteiger partial charge on any atom is 0.319 e. The molecule has 0 aromatic heterocycles. The van der Waals surface area contributed by atoms with Crippen LogP contribution in [-0.4, -0.2) is 43.0 Å². The highest BCUT2D eigenvalue weighted by Gasteiger charge is 2.21. The fourth-order valence-electron chi connectivity index (χ4n) is 3.70. The molecule has 1 saturated heterocycles. The highest BCUT2D eigenvalue weighted by molar-refractivity contribution is 5.93. The van der Waals surface area contributed by atoms with Crippen molar-refractivity contribution in [1.29, 1.82) is 0 Å². The molecule has 3 amide bonds. The first-order valence-electron chi connectivity index (χ1n) is 10.2. The van der Waals surface area contributed by atoms with E-state index in [1.807, 2.05) is 30.3 Å². The van der Waals surface area contributed by atoms with Gasteiger partial charge in [-0.15, -0.1) is 0 Å². The van der Waals surface area contributed by atoms with Crippen LogP contribution in [0.5, 0.6) is 0 Å². The van der Waals surface area contributed by atoms with Gasteiger partial charge in [0, 0.05) is 38.1 Å². The van der Waals surface area contributed by atoms with E-state index in [1.165, 1.54) is 24.9 Å². The van der Waals surface area contributed by atoms with E-state index in [4.69, 9.17) is 0 Å². The quantitative estimate of drug-likeness (QED) is 0.782. The molecule has 29 heavy (non-hydrogen) atoms. The van der Waals surface area contributed by atoms with Crippen LogP contribution in [0.2, 0.25) is 0 Å². The van der Waals surface area contributed by atoms with Gasteiger partial charge < -0.3 is 20.4 Å². The Kier molecular flexibility index (Phi) is 7.11. The molecule has 6 nitrogen and oxygen atoms in total. The molecule has 1 aliphatic heterocycles. The van der Waals surface area contributed by atoms with Gasteiger partial charge in [-0.25, -0.2) is 4.79 Å². The Morgan fingerprint density at radius 2 is 1.66 bits per heavy atom. The largest absolute Gasteiger partial charge is 0.371 e. The zero-order valence-electron chi connectivity index (χ0n) is 17.2. The van der Waals surface area contributed by atoms with Gasteiger partial charge in [0.15, 0.2) is 0 Å². The zero-order chi connectivity index (χ0) is 20.6. The number of amides is 3. The lowest BCUT2D eigenvalue weighted by Gasteiger charge is -2.32. The van der Waals surface area contributed by atoms with Gasteiger partial charge in [0.1, 0.15) is 6.04 Å². The van der Waals surface area contributed by atoms with Gasteiger partial charge in [0.2, 0.25) is 5.91 Å². The van der Waals surface area contributed by atoms with Crippen molar-refractivity contribution in [2.45, 2.75) is 38.8 Å². The van der Waals surface area contributed by atoms with Gasteiger partial charge in [0.05, 0.1) is 0 Å². The molecule has 6 heteroatoms. The first-order chi connectivity index (χ1) is 14.0. The molecule has 1 aliphatic rings. The number of hydrogen-bond acceptors (Lipinski definition) is 3. The Balaban J connectivity index is 1.58. The first kappa shape index (κ1) is 20.7. The maximum atomic E-state index is 12.8. The number of carbonyl (C=O) groups excluding carboxylic acids is 2. The molecule has 2 aromatic rings. The van der Waals surface area contributed by atoms with E-state index in [-0.39, 0.29) is 11.9 Å². The second-order valence-corrected chi connectivity index (χ2v) is 7.56. The second kappa shape index (κ2) is 9.96. The number of nitrogens with one attached hydrogen (secondary N) is 2. The summed E-state index contributed by atoms with van der Waals surface area (Å²) < 4.78 is 0. The molecule has 2 N–H and O–H groups in total. The van der Waals surface area contributed by atoms with E-state index in [0.29, 0.717) is 12.2 Å². The fraction of sp³-hybridized carbons (Fsp3) is 0.391. The van der Waals surface area contributed by atoms with Crippen molar-refractivity contribution in [3.8, 4) is 0 Å². The average Bonchev–Trinajstić information content (AvgIpc) is 2.74. The van der Waals surface area contributed by atoms with Crippen molar-refractivity contribution >= 4 is 23.3 Å². The van der Waals surface area contributed by atoms with Crippen LogP contribution in [0.1, 0.15) is 31.7 Å². The van der Waals surface area contributed by atoms with Gasteiger partial charge in [0.25, 0.3) is 0 Å². The van der Waals surface area contributed by atoms with Crippen molar-refractivity contribution in [3.63, 3.8) is 0 Å². The molecule has 0 aliphatic carbocycles. The van der Waals surface area contributed by atoms with Crippen LogP contribution in [0, 0.1) is 0 Å². The molecule has 154 valence electrons. The molecule has 1 heterocycles. The lowest BCUT2D eigenvalue weighted by Crippen LogP contribution is -2.46. The normalized spacial score (nSPS) is 14.8. The van der Waals surface area contributed by atoms with Crippen LogP contribution >= 0.6 is 0 Å². The van der Waals surface area contributed by atoms with Crippen molar-refractivity contribution in [3.05, 3.63) is 60.2 Å². The fourth-order valence-corrected chi connectivity index (χ4v) is 3.70. The number of carbonyl (C=O) groups is 2. The predicted octanol–water partition coefficient (Wildman–Crippen LogP) is 3.85. The van der Waals surface area contributed by atoms with Gasteiger partial charge in [-0.1, -0.05) is 36.4 Å². The third kappa shape index (κ3) is 5.73. The molecule has 0 spiro atoms. The molecule has 1 atom stereocenters. The van der Waals surface area contributed by atoms with E-state index in [2.05, 4.69) is 27.7 Å². The van der Waals surface area contributed by atoms with Crippen LogP contribution in [0.4, 0.5) is 16.2 Å². The third-order valence-electron chi connectivity index (χ3n) is 5.22. The zero-order valence-corrected chi connectivity index (χ0v) is 17.2. The summed E-state index contributed by atoms with van der Waals surface area (Å²) in [6.07, 6.45) is 3.70. The number of nitrogens with zero attached hydrogens (tertiary/aromatic N) is 2. The lowest BCUT2D eigenvalue weighted by molar-refractivity contribution is -0.131. The van der Waals surface area contributed by atoms with Gasteiger partial charge in [-0.05, 0) is 49.9 Å². The number of benzene rings is 2. The van der Waals surface area contributed by atoms with Crippen LogP contribution < -0.4 is 15.5 Å². The Bertz CT molecular complexity index is 819. The van der Waals surface area contributed by atoms with E-state index in [9.17, 15) is 9.59 Å². The molecule has 0 bridgehead atoms. The number of anilines is 2. The number of para-hydroxylation sites is 2. The summed E-state index contributed by atoms with van der Waals surface area (Å²) in [5.74, 6) is -0.123. The lowest BCUT2D eigenvalue weighted by atomic mass is 10.1. The highest BCUT2D eigenvalue weighted by atomic mass is 16.2. The van der Waals surface area contributed by atoms with Crippen LogP contribution in [0.15, 0.2) is 54.6 Å².